The first-order chi connectivity index (χ1) is 15.2. The number of phenols is 1. The molecule has 32 heavy (non-hydrogen) atoms. The standard InChI is InChI=1S/C23H21ClF3N3O2/c24-16-5-2-6-17(10-16)30-18(11-21(29-30)23(25,26)27)13-28-22(32)9-15-4-1-3-14-7-8-19(31)12-20(14)15/h2,5-8,10-12,15,31H,1,3-4,9,13H2,(H,28,32). The molecule has 0 saturated carbocycles. The maximum atomic E-state index is 13.2. The van der Waals surface area contributed by atoms with Gasteiger partial charge in [0.2, 0.25) is 5.91 Å². The highest BCUT2D eigenvalue weighted by atomic mass is 35.5. The molecule has 168 valence electrons. The summed E-state index contributed by atoms with van der Waals surface area (Å²) in [7, 11) is 0. The summed E-state index contributed by atoms with van der Waals surface area (Å²) in [6.45, 7) is -0.117. The molecule has 1 aliphatic carbocycles. The van der Waals surface area contributed by atoms with E-state index >= 15 is 0 Å². The molecule has 9 heteroatoms. The van der Waals surface area contributed by atoms with E-state index in [1.807, 2.05) is 6.07 Å². The van der Waals surface area contributed by atoms with Gasteiger partial charge in [-0.05, 0) is 72.7 Å². The monoisotopic (exact) mass is 463 g/mol. The fourth-order valence-corrected chi connectivity index (χ4v) is 4.28. The van der Waals surface area contributed by atoms with E-state index in [9.17, 15) is 23.1 Å². The number of alkyl halides is 3. The summed E-state index contributed by atoms with van der Waals surface area (Å²) in [6.07, 6.45) is -1.79. The summed E-state index contributed by atoms with van der Waals surface area (Å²) in [5, 5.41) is 16.6. The average molecular weight is 464 g/mol. The van der Waals surface area contributed by atoms with Gasteiger partial charge >= 0.3 is 6.18 Å². The molecule has 0 radical (unpaired) electrons. The Labute approximate surface area is 187 Å². The molecule has 0 spiro atoms. The van der Waals surface area contributed by atoms with Crippen LogP contribution in [0.3, 0.4) is 0 Å². The molecule has 2 N–H and O–H groups in total. The van der Waals surface area contributed by atoms with Gasteiger partial charge in [-0.3, -0.25) is 4.79 Å². The Morgan fingerprint density at radius 2 is 2.03 bits per heavy atom. The fourth-order valence-electron chi connectivity index (χ4n) is 4.10. The van der Waals surface area contributed by atoms with Crippen molar-refractivity contribution in [3.8, 4) is 11.4 Å². The van der Waals surface area contributed by atoms with Crippen molar-refractivity contribution in [2.45, 2.75) is 44.3 Å². The number of carbonyl (C=O) groups is 1. The van der Waals surface area contributed by atoms with Gasteiger partial charge in [-0.15, -0.1) is 0 Å². The smallest absolute Gasteiger partial charge is 0.435 e. The van der Waals surface area contributed by atoms with Crippen LogP contribution in [0.25, 0.3) is 5.69 Å². The zero-order valence-electron chi connectivity index (χ0n) is 17.0. The molecule has 5 nitrogen and oxygen atoms in total. The van der Waals surface area contributed by atoms with Gasteiger partial charge in [0.25, 0.3) is 0 Å². The van der Waals surface area contributed by atoms with E-state index in [2.05, 4.69) is 10.4 Å². The van der Waals surface area contributed by atoms with Crippen molar-refractivity contribution in [3.63, 3.8) is 0 Å². The van der Waals surface area contributed by atoms with E-state index < -0.39 is 11.9 Å². The lowest BCUT2D eigenvalue weighted by Crippen LogP contribution is -2.26. The number of rotatable bonds is 5. The summed E-state index contributed by atoms with van der Waals surface area (Å²) < 4.78 is 40.9. The molecule has 0 saturated heterocycles. The second kappa shape index (κ2) is 8.86. The zero-order valence-corrected chi connectivity index (χ0v) is 17.7. The van der Waals surface area contributed by atoms with Gasteiger partial charge in [-0.25, -0.2) is 4.68 Å². The molecule has 3 aromatic rings. The van der Waals surface area contributed by atoms with Crippen molar-refractivity contribution in [1.29, 1.82) is 0 Å². The van der Waals surface area contributed by atoms with Gasteiger partial charge in [-0.1, -0.05) is 23.7 Å². The van der Waals surface area contributed by atoms with E-state index in [0.29, 0.717) is 10.7 Å². The van der Waals surface area contributed by atoms with Crippen molar-refractivity contribution in [2.75, 3.05) is 0 Å². The molecule has 4 rings (SSSR count). The Morgan fingerprint density at radius 1 is 1.22 bits per heavy atom. The number of aromatic nitrogens is 2. The van der Waals surface area contributed by atoms with Crippen LogP contribution in [0.1, 0.15) is 47.7 Å². The third-order valence-electron chi connectivity index (χ3n) is 5.59. The van der Waals surface area contributed by atoms with Gasteiger partial charge in [0.05, 0.1) is 17.9 Å². The summed E-state index contributed by atoms with van der Waals surface area (Å²) in [5.41, 5.74) is 1.58. The maximum Gasteiger partial charge on any atom is 0.435 e. The van der Waals surface area contributed by atoms with Crippen LogP contribution in [-0.4, -0.2) is 20.8 Å². The summed E-state index contributed by atoms with van der Waals surface area (Å²) in [5.74, 6) is -0.172. The van der Waals surface area contributed by atoms with E-state index in [0.717, 1.165) is 41.1 Å². The Bertz CT molecular complexity index is 1140. The topological polar surface area (TPSA) is 67.2 Å². The van der Waals surface area contributed by atoms with Crippen LogP contribution in [-0.2, 0) is 23.9 Å². The van der Waals surface area contributed by atoms with Crippen LogP contribution in [0.5, 0.6) is 5.75 Å². The number of hydrogen-bond acceptors (Lipinski definition) is 3. The number of nitrogens with zero attached hydrogens (tertiary/aromatic N) is 2. The highest BCUT2D eigenvalue weighted by Crippen LogP contribution is 2.36. The highest BCUT2D eigenvalue weighted by molar-refractivity contribution is 6.30. The number of amides is 1. The maximum absolute atomic E-state index is 13.2. The Kier molecular flexibility index (Phi) is 6.15. The molecule has 0 bridgehead atoms. The van der Waals surface area contributed by atoms with Crippen LogP contribution in [0.4, 0.5) is 13.2 Å². The van der Waals surface area contributed by atoms with E-state index in [1.165, 1.54) is 6.07 Å². The molecular formula is C23H21ClF3N3O2. The quantitative estimate of drug-likeness (QED) is 0.534. The number of fused-ring (bicyclic) bond motifs is 1. The molecule has 2 aromatic carbocycles. The summed E-state index contributed by atoms with van der Waals surface area (Å²) in [6, 6.07) is 12.4. The number of carbonyl (C=O) groups excluding carboxylic acids is 1. The lowest BCUT2D eigenvalue weighted by atomic mass is 9.81. The first-order valence-electron chi connectivity index (χ1n) is 10.2. The SMILES string of the molecule is O=C(CC1CCCc2ccc(O)cc21)NCc1cc(C(F)(F)F)nn1-c1cccc(Cl)c1. The second-order valence-electron chi connectivity index (χ2n) is 7.86. The number of benzene rings is 2. The molecule has 0 aliphatic heterocycles. The molecule has 1 aliphatic rings. The van der Waals surface area contributed by atoms with Crippen LogP contribution in [0.15, 0.2) is 48.5 Å². The van der Waals surface area contributed by atoms with E-state index in [1.54, 1.807) is 30.3 Å². The molecule has 1 heterocycles. The van der Waals surface area contributed by atoms with Crippen LogP contribution in [0.2, 0.25) is 5.02 Å². The third kappa shape index (κ3) is 4.91. The minimum absolute atomic E-state index is 0.0468. The number of phenolic OH excluding ortho intramolecular Hbond substituents is 1. The second-order valence-corrected chi connectivity index (χ2v) is 8.30. The highest BCUT2D eigenvalue weighted by Gasteiger charge is 2.35. The minimum atomic E-state index is -4.61. The number of hydrogen-bond donors (Lipinski definition) is 2. The zero-order chi connectivity index (χ0) is 22.9. The van der Waals surface area contributed by atoms with Gasteiger partial charge in [0.1, 0.15) is 5.75 Å². The molecule has 1 amide bonds. The normalized spacial score (nSPS) is 15.9. The predicted octanol–water partition coefficient (Wildman–Crippen LogP) is 5.38. The van der Waals surface area contributed by atoms with Crippen LogP contribution in [0, 0.1) is 0 Å². The number of aryl methyl sites for hydroxylation is 1. The lowest BCUT2D eigenvalue weighted by Gasteiger charge is -2.25. The van der Waals surface area contributed by atoms with Crippen molar-refractivity contribution in [1.82, 2.24) is 15.1 Å². The largest absolute Gasteiger partial charge is 0.508 e. The number of halogens is 4. The first kappa shape index (κ1) is 22.2. The minimum Gasteiger partial charge on any atom is -0.508 e. The Hall–Kier alpha value is -3.00. The number of aromatic hydroxyl groups is 1. The van der Waals surface area contributed by atoms with Crippen molar-refractivity contribution >= 4 is 17.5 Å². The predicted molar refractivity (Wildman–Crippen MR) is 114 cm³/mol. The summed E-state index contributed by atoms with van der Waals surface area (Å²) >= 11 is 5.98. The van der Waals surface area contributed by atoms with Crippen molar-refractivity contribution in [2.24, 2.45) is 0 Å². The van der Waals surface area contributed by atoms with Gasteiger partial charge < -0.3 is 10.4 Å². The average Bonchev–Trinajstić information content (AvgIpc) is 3.18. The molecule has 1 unspecified atom stereocenters. The molecular weight excluding hydrogens is 443 g/mol. The fraction of sp³-hybridized carbons (Fsp3) is 0.304. The van der Waals surface area contributed by atoms with Gasteiger partial charge in [-0.2, -0.15) is 18.3 Å². The number of nitrogens with one attached hydrogen (secondary N) is 1. The molecule has 0 fully saturated rings. The molecule has 1 aromatic heterocycles. The van der Waals surface area contributed by atoms with E-state index in [-0.39, 0.29) is 36.2 Å². The molecule has 1 atom stereocenters. The Balaban J connectivity index is 1.51. The first-order valence-corrected chi connectivity index (χ1v) is 10.6. The van der Waals surface area contributed by atoms with Gasteiger partial charge in [0.15, 0.2) is 5.69 Å². The Morgan fingerprint density at radius 3 is 2.78 bits per heavy atom. The van der Waals surface area contributed by atoms with Crippen LogP contribution >= 0.6 is 11.6 Å². The summed E-state index contributed by atoms with van der Waals surface area (Å²) in [4.78, 5) is 12.6. The van der Waals surface area contributed by atoms with Gasteiger partial charge in [0, 0.05) is 11.4 Å². The van der Waals surface area contributed by atoms with E-state index in [4.69, 9.17) is 11.6 Å². The lowest BCUT2D eigenvalue weighted by molar-refractivity contribution is -0.141. The third-order valence-corrected chi connectivity index (χ3v) is 5.83. The van der Waals surface area contributed by atoms with Crippen molar-refractivity contribution in [3.05, 3.63) is 76.1 Å². The van der Waals surface area contributed by atoms with Crippen molar-refractivity contribution < 1.29 is 23.1 Å². The van der Waals surface area contributed by atoms with Crippen LogP contribution < -0.4 is 5.32 Å².